The normalized spacial score (nSPS) is 14.4. The number of aromatic hydroxyl groups is 1. The standard InChI is InChI=1S/C15H22O2/c1-6-15(5,17)8-7-13-11(3)9-10(2)12(4)14(13)16/h6,9,16-17H,1,7-8H2,2-5H3. The SMILES string of the molecule is C=CC(C)(O)CCc1c(C)cc(C)c(C)c1O. The predicted molar refractivity (Wildman–Crippen MR) is 71.5 cm³/mol. The van der Waals surface area contributed by atoms with Gasteiger partial charge in [0.05, 0.1) is 5.60 Å². The molecule has 0 amide bonds. The largest absolute Gasteiger partial charge is 0.507 e. The van der Waals surface area contributed by atoms with E-state index in [1.165, 1.54) is 0 Å². The highest BCUT2D eigenvalue weighted by atomic mass is 16.3. The summed E-state index contributed by atoms with van der Waals surface area (Å²) < 4.78 is 0. The summed E-state index contributed by atoms with van der Waals surface area (Å²) in [4.78, 5) is 0. The van der Waals surface area contributed by atoms with Crippen molar-refractivity contribution in [1.29, 1.82) is 0 Å². The van der Waals surface area contributed by atoms with Crippen LogP contribution in [0.25, 0.3) is 0 Å². The molecule has 1 unspecified atom stereocenters. The van der Waals surface area contributed by atoms with Gasteiger partial charge < -0.3 is 10.2 Å². The van der Waals surface area contributed by atoms with E-state index in [9.17, 15) is 10.2 Å². The molecule has 0 saturated heterocycles. The first-order valence-electron chi connectivity index (χ1n) is 5.93. The predicted octanol–water partition coefficient (Wildman–Crippen LogP) is 3.19. The van der Waals surface area contributed by atoms with Gasteiger partial charge in [-0.3, -0.25) is 0 Å². The highest BCUT2D eigenvalue weighted by Crippen LogP contribution is 2.30. The lowest BCUT2D eigenvalue weighted by atomic mass is 9.91. The molecule has 1 aromatic rings. The monoisotopic (exact) mass is 234 g/mol. The minimum absolute atomic E-state index is 0.363. The van der Waals surface area contributed by atoms with Crippen LogP contribution in [0.4, 0.5) is 0 Å². The topological polar surface area (TPSA) is 40.5 Å². The van der Waals surface area contributed by atoms with Gasteiger partial charge in [-0.25, -0.2) is 0 Å². The van der Waals surface area contributed by atoms with Gasteiger partial charge in [0.25, 0.3) is 0 Å². The number of phenolic OH excluding ortho intramolecular Hbond substituents is 1. The first kappa shape index (κ1) is 13.8. The molecule has 0 aliphatic carbocycles. The molecule has 0 spiro atoms. The van der Waals surface area contributed by atoms with Gasteiger partial charge in [-0.15, -0.1) is 6.58 Å². The highest BCUT2D eigenvalue weighted by Gasteiger charge is 2.18. The number of aliphatic hydroxyl groups is 1. The van der Waals surface area contributed by atoms with Crippen molar-refractivity contribution in [3.63, 3.8) is 0 Å². The van der Waals surface area contributed by atoms with E-state index in [-0.39, 0.29) is 0 Å². The molecular formula is C15H22O2. The van der Waals surface area contributed by atoms with Crippen LogP contribution in [-0.4, -0.2) is 15.8 Å². The second-order valence-electron chi connectivity index (χ2n) is 5.02. The van der Waals surface area contributed by atoms with Gasteiger partial charge in [-0.1, -0.05) is 12.1 Å². The summed E-state index contributed by atoms with van der Waals surface area (Å²) in [5, 5.41) is 20.0. The minimum Gasteiger partial charge on any atom is -0.507 e. The van der Waals surface area contributed by atoms with Gasteiger partial charge in [0.15, 0.2) is 0 Å². The number of aryl methyl sites for hydroxylation is 2. The Hall–Kier alpha value is -1.28. The van der Waals surface area contributed by atoms with E-state index in [0.29, 0.717) is 18.6 Å². The fourth-order valence-electron chi connectivity index (χ4n) is 1.92. The van der Waals surface area contributed by atoms with Crippen molar-refractivity contribution >= 4 is 0 Å². The Labute approximate surface area is 104 Å². The Morgan fingerprint density at radius 1 is 1.29 bits per heavy atom. The molecule has 1 aromatic carbocycles. The first-order valence-corrected chi connectivity index (χ1v) is 5.93. The zero-order valence-corrected chi connectivity index (χ0v) is 11.2. The van der Waals surface area contributed by atoms with Gasteiger partial charge >= 0.3 is 0 Å². The van der Waals surface area contributed by atoms with E-state index in [0.717, 1.165) is 22.3 Å². The molecule has 0 fully saturated rings. The van der Waals surface area contributed by atoms with Crippen LogP contribution in [0.3, 0.4) is 0 Å². The smallest absolute Gasteiger partial charge is 0.122 e. The number of hydrogen-bond donors (Lipinski definition) is 2. The Morgan fingerprint density at radius 3 is 2.41 bits per heavy atom. The zero-order chi connectivity index (χ0) is 13.2. The lowest BCUT2D eigenvalue weighted by molar-refractivity contribution is 0.102. The fraction of sp³-hybridized carbons (Fsp3) is 0.467. The van der Waals surface area contributed by atoms with E-state index < -0.39 is 5.60 Å². The average molecular weight is 234 g/mol. The Balaban J connectivity index is 3.00. The number of phenols is 1. The summed E-state index contributed by atoms with van der Waals surface area (Å²) >= 11 is 0. The van der Waals surface area contributed by atoms with Gasteiger partial charge in [0.2, 0.25) is 0 Å². The molecule has 94 valence electrons. The molecule has 0 aliphatic rings. The van der Waals surface area contributed by atoms with Crippen LogP contribution in [0.1, 0.15) is 35.6 Å². The third kappa shape index (κ3) is 3.10. The molecule has 0 aliphatic heterocycles. The molecule has 0 radical (unpaired) electrons. The highest BCUT2D eigenvalue weighted by molar-refractivity contribution is 5.48. The zero-order valence-electron chi connectivity index (χ0n) is 11.2. The van der Waals surface area contributed by atoms with Crippen LogP contribution in [0.15, 0.2) is 18.7 Å². The van der Waals surface area contributed by atoms with Gasteiger partial charge in [-0.05, 0) is 62.8 Å². The molecule has 2 N–H and O–H groups in total. The van der Waals surface area contributed by atoms with E-state index in [1.807, 2.05) is 20.8 Å². The molecule has 17 heavy (non-hydrogen) atoms. The van der Waals surface area contributed by atoms with Crippen LogP contribution in [0, 0.1) is 20.8 Å². The third-order valence-corrected chi connectivity index (χ3v) is 3.46. The molecule has 1 rings (SSSR count). The van der Waals surface area contributed by atoms with Crippen LogP contribution in [-0.2, 0) is 6.42 Å². The molecule has 1 atom stereocenters. The van der Waals surface area contributed by atoms with Crippen molar-refractivity contribution in [3.8, 4) is 5.75 Å². The second-order valence-corrected chi connectivity index (χ2v) is 5.02. The molecular weight excluding hydrogens is 212 g/mol. The third-order valence-electron chi connectivity index (χ3n) is 3.46. The van der Waals surface area contributed by atoms with Crippen molar-refractivity contribution < 1.29 is 10.2 Å². The van der Waals surface area contributed by atoms with E-state index in [1.54, 1.807) is 13.0 Å². The Morgan fingerprint density at radius 2 is 1.88 bits per heavy atom. The summed E-state index contributed by atoms with van der Waals surface area (Å²) in [5.41, 5.74) is 3.14. The Kier molecular flexibility index (Phi) is 3.99. The van der Waals surface area contributed by atoms with E-state index in [2.05, 4.69) is 12.6 Å². The number of hydrogen-bond acceptors (Lipinski definition) is 2. The molecule has 2 nitrogen and oxygen atoms in total. The summed E-state index contributed by atoms with van der Waals surface area (Å²) in [6.07, 6.45) is 2.76. The van der Waals surface area contributed by atoms with Crippen LogP contribution in [0.5, 0.6) is 5.75 Å². The van der Waals surface area contributed by atoms with Crippen molar-refractivity contribution in [2.24, 2.45) is 0 Å². The molecule has 0 bridgehead atoms. The molecule has 0 aromatic heterocycles. The molecule has 0 heterocycles. The second kappa shape index (κ2) is 4.92. The number of rotatable bonds is 4. The van der Waals surface area contributed by atoms with E-state index in [4.69, 9.17) is 0 Å². The van der Waals surface area contributed by atoms with Gasteiger partial charge in [-0.2, -0.15) is 0 Å². The summed E-state index contributed by atoms with van der Waals surface area (Å²) in [7, 11) is 0. The van der Waals surface area contributed by atoms with Crippen molar-refractivity contribution in [2.75, 3.05) is 0 Å². The van der Waals surface area contributed by atoms with Crippen molar-refractivity contribution in [1.82, 2.24) is 0 Å². The lowest BCUT2D eigenvalue weighted by Gasteiger charge is -2.20. The van der Waals surface area contributed by atoms with Crippen molar-refractivity contribution in [3.05, 3.63) is 41.0 Å². The maximum Gasteiger partial charge on any atom is 0.122 e. The maximum absolute atomic E-state index is 10.1. The van der Waals surface area contributed by atoms with Crippen LogP contribution < -0.4 is 0 Å². The van der Waals surface area contributed by atoms with E-state index >= 15 is 0 Å². The summed E-state index contributed by atoms with van der Waals surface area (Å²) in [6.45, 7) is 11.2. The number of benzene rings is 1. The fourth-order valence-corrected chi connectivity index (χ4v) is 1.92. The van der Waals surface area contributed by atoms with Crippen LogP contribution in [0.2, 0.25) is 0 Å². The van der Waals surface area contributed by atoms with Gasteiger partial charge in [0, 0.05) is 0 Å². The maximum atomic E-state index is 10.1. The lowest BCUT2D eigenvalue weighted by Crippen LogP contribution is -2.21. The van der Waals surface area contributed by atoms with Crippen LogP contribution >= 0.6 is 0 Å². The molecule has 2 heteroatoms. The minimum atomic E-state index is -0.877. The Bertz CT molecular complexity index is 431. The molecule has 0 saturated carbocycles. The van der Waals surface area contributed by atoms with Gasteiger partial charge in [0.1, 0.15) is 5.75 Å². The first-order chi connectivity index (χ1) is 7.78. The average Bonchev–Trinajstić information content (AvgIpc) is 2.26. The summed E-state index contributed by atoms with van der Waals surface area (Å²) in [6, 6.07) is 2.08. The van der Waals surface area contributed by atoms with Crippen molar-refractivity contribution in [2.45, 2.75) is 46.1 Å². The summed E-state index contributed by atoms with van der Waals surface area (Å²) in [5.74, 6) is 0.363. The quantitative estimate of drug-likeness (QED) is 0.785.